The van der Waals surface area contributed by atoms with Crippen LogP contribution >= 0.6 is 0 Å². The molecule has 19 heavy (non-hydrogen) atoms. The van der Waals surface area contributed by atoms with Gasteiger partial charge in [-0.3, -0.25) is 14.9 Å². The summed E-state index contributed by atoms with van der Waals surface area (Å²) in [6, 6.07) is -0.0632. The second-order valence-electron chi connectivity index (χ2n) is 4.45. The highest BCUT2D eigenvalue weighted by atomic mass is 16.3. The van der Waals surface area contributed by atoms with Crippen molar-refractivity contribution in [1.82, 2.24) is 20.1 Å². The van der Waals surface area contributed by atoms with Gasteiger partial charge < -0.3 is 10.0 Å². The van der Waals surface area contributed by atoms with Gasteiger partial charge in [-0.2, -0.15) is 10.1 Å². The third-order valence-corrected chi connectivity index (χ3v) is 3.19. The largest absolute Gasteiger partial charge is 0.396 e. The third-order valence-electron chi connectivity index (χ3n) is 3.19. The maximum atomic E-state index is 12.1. The second-order valence-corrected chi connectivity index (χ2v) is 4.45. The molecule has 1 aliphatic rings. The zero-order valence-corrected chi connectivity index (χ0v) is 10.5. The molecule has 8 heteroatoms. The normalized spacial score (nSPS) is 19.2. The average molecular weight is 267 g/mol. The summed E-state index contributed by atoms with van der Waals surface area (Å²) in [5, 5.41) is 17.4. The van der Waals surface area contributed by atoms with Crippen molar-refractivity contribution in [3.05, 3.63) is 6.33 Å². The lowest BCUT2D eigenvalue weighted by Gasteiger charge is -2.34. The number of rotatable bonds is 3. The minimum atomic E-state index is -0.735. The smallest absolute Gasteiger partial charge is 0.316 e. The van der Waals surface area contributed by atoms with Crippen molar-refractivity contribution in [2.45, 2.75) is 31.7 Å². The van der Waals surface area contributed by atoms with Gasteiger partial charge in [-0.25, -0.2) is 5.10 Å². The van der Waals surface area contributed by atoms with Crippen LogP contribution in [0.25, 0.3) is 0 Å². The molecular formula is C11H17N5O3. The molecular weight excluding hydrogens is 250 g/mol. The maximum Gasteiger partial charge on any atom is 0.316 e. The van der Waals surface area contributed by atoms with E-state index in [0.717, 1.165) is 19.3 Å². The molecule has 1 fully saturated rings. The van der Waals surface area contributed by atoms with Gasteiger partial charge in [0.1, 0.15) is 6.33 Å². The first kappa shape index (κ1) is 13.5. The second kappa shape index (κ2) is 6.28. The number of aromatic nitrogens is 3. The van der Waals surface area contributed by atoms with Gasteiger partial charge >= 0.3 is 11.8 Å². The maximum absolute atomic E-state index is 12.1. The molecule has 1 unspecified atom stereocenters. The topological polar surface area (TPSA) is 111 Å². The van der Waals surface area contributed by atoms with E-state index in [1.54, 1.807) is 0 Å². The molecule has 1 aromatic heterocycles. The quantitative estimate of drug-likeness (QED) is 0.640. The molecule has 0 bridgehead atoms. The number of aliphatic hydroxyl groups is 1. The van der Waals surface area contributed by atoms with E-state index in [1.807, 2.05) is 0 Å². The number of nitrogens with zero attached hydrogens (tertiary/aromatic N) is 3. The third kappa shape index (κ3) is 3.28. The van der Waals surface area contributed by atoms with Crippen molar-refractivity contribution in [3.63, 3.8) is 0 Å². The van der Waals surface area contributed by atoms with Crippen LogP contribution in [0.3, 0.4) is 0 Å². The summed E-state index contributed by atoms with van der Waals surface area (Å²) in [6.45, 7) is 0.561. The Morgan fingerprint density at radius 3 is 3.05 bits per heavy atom. The van der Waals surface area contributed by atoms with Gasteiger partial charge in [-0.15, -0.1) is 0 Å². The number of likely N-dealkylation sites (tertiary alicyclic amines) is 1. The minimum absolute atomic E-state index is 0.0121. The van der Waals surface area contributed by atoms with Gasteiger partial charge in [0.25, 0.3) is 0 Å². The molecule has 1 saturated heterocycles. The summed E-state index contributed by atoms with van der Waals surface area (Å²) in [5.41, 5.74) is 0. The summed E-state index contributed by atoms with van der Waals surface area (Å²) >= 11 is 0. The molecule has 2 heterocycles. The van der Waals surface area contributed by atoms with Crippen molar-refractivity contribution in [2.24, 2.45) is 0 Å². The number of aliphatic hydroxyl groups excluding tert-OH is 1. The van der Waals surface area contributed by atoms with Crippen LogP contribution in [-0.2, 0) is 9.59 Å². The van der Waals surface area contributed by atoms with Crippen LogP contribution in [-0.4, -0.2) is 56.2 Å². The van der Waals surface area contributed by atoms with Gasteiger partial charge in [0.2, 0.25) is 5.95 Å². The standard InChI is InChI=1S/C11H17N5O3/c17-6-4-8-3-1-2-5-16(8)10(19)9(18)14-11-12-7-13-15-11/h7-8,17H,1-6H2,(H2,12,13,14,15,18). The fraction of sp³-hybridized carbons (Fsp3) is 0.636. The van der Waals surface area contributed by atoms with E-state index in [9.17, 15) is 9.59 Å². The first-order valence-corrected chi connectivity index (χ1v) is 6.30. The van der Waals surface area contributed by atoms with Crippen LogP contribution in [0, 0.1) is 0 Å². The van der Waals surface area contributed by atoms with Crippen LogP contribution in [0.15, 0.2) is 6.33 Å². The molecule has 1 aliphatic heterocycles. The van der Waals surface area contributed by atoms with Crippen LogP contribution in [0.1, 0.15) is 25.7 Å². The predicted molar refractivity (Wildman–Crippen MR) is 66.1 cm³/mol. The first-order valence-electron chi connectivity index (χ1n) is 6.30. The van der Waals surface area contributed by atoms with Crippen molar-refractivity contribution in [2.75, 3.05) is 18.5 Å². The van der Waals surface area contributed by atoms with E-state index in [1.165, 1.54) is 11.2 Å². The number of amides is 2. The summed E-state index contributed by atoms with van der Waals surface area (Å²) in [5.74, 6) is -1.18. The fourth-order valence-electron chi connectivity index (χ4n) is 2.27. The molecule has 0 aromatic carbocycles. The molecule has 1 atom stereocenters. The number of carbonyl (C=O) groups excluding carboxylic acids is 2. The number of anilines is 1. The molecule has 104 valence electrons. The van der Waals surface area contributed by atoms with Gasteiger partial charge in [0.15, 0.2) is 0 Å². The number of H-pyrrole nitrogens is 1. The van der Waals surface area contributed by atoms with Crippen LogP contribution in [0.5, 0.6) is 0 Å². The van der Waals surface area contributed by atoms with E-state index < -0.39 is 11.8 Å². The van der Waals surface area contributed by atoms with Crippen LogP contribution < -0.4 is 5.32 Å². The van der Waals surface area contributed by atoms with Crippen molar-refractivity contribution in [3.8, 4) is 0 Å². The number of hydrogen-bond acceptors (Lipinski definition) is 5. The summed E-state index contributed by atoms with van der Waals surface area (Å²) < 4.78 is 0. The van der Waals surface area contributed by atoms with E-state index in [0.29, 0.717) is 13.0 Å². The lowest BCUT2D eigenvalue weighted by molar-refractivity contribution is -0.146. The lowest BCUT2D eigenvalue weighted by Crippen LogP contribution is -2.48. The Morgan fingerprint density at radius 2 is 2.37 bits per heavy atom. The molecule has 0 radical (unpaired) electrons. The Balaban J connectivity index is 1.98. The average Bonchev–Trinajstić information content (AvgIpc) is 2.92. The summed E-state index contributed by atoms with van der Waals surface area (Å²) in [7, 11) is 0. The molecule has 2 rings (SSSR count). The molecule has 0 aliphatic carbocycles. The van der Waals surface area contributed by atoms with Crippen LogP contribution in [0.2, 0.25) is 0 Å². The zero-order chi connectivity index (χ0) is 13.7. The fourth-order valence-corrected chi connectivity index (χ4v) is 2.27. The molecule has 0 spiro atoms. The zero-order valence-electron chi connectivity index (χ0n) is 10.5. The van der Waals surface area contributed by atoms with Gasteiger partial charge in [-0.1, -0.05) is 0 Å². The van der Waals surface area contributed by atoms with E-state index >= 15 is 0 Å². The minimum Gasteiger partial charge on any atom is -0.396 e. The van der Waals surface area contributed by atoms with Gasteiger partial charge in [-0.05, 0) is 25.7 Å². The van der Waals surface area contributed by atoms with Gasteiger partial charge in [0, 0.05) is 19.2 Å². The Labute approximate surface area is 110 Å². The molecule has 2 amide bonds. The number of aromatic amines is 1. The van der Waals surface area contributed by atoms with E-state index in [4.69, 9.17) is 5.11 Å². The Kier molecular flexibility index (Phi) is 4.45. The van der Waals surface area contributed by atoms with E-state index in [-0.39, 0.29) is 18.6 Å². The molecule has 1 aromatic rings. The van der Waals surface area contributed by atoms with Crippen molar-refractivity contribution in [1.29, 1.82) is 0 Å². The Hall–Kier alpha value is -1.96. The molecule has 0 saturated carbocycles. The van der Waals surface area contributed by atoms with Gasteiger partial charge in [0.05, 0.1) is 0 Å². The molecule has 8 nitrogen and oxygen atoms in total. The number of piperidine rings is 1. The Morgan fingerprint density at radius 1 is 1.53 bits per heavy atom. The summed E-state index contributed by atoms with van der Waals surface area (Å²) in [4.78, 5) is 29.1. The van der Waals surface area contributed by atoms with E-state index in [2.05, 4.69) is 20.5 Å². The number of nitrogens with one attached hydrogen (secondary N) is 2. The molecule has 3 N–H and O–H groups in total. The SMILES string of the molecule is O=C(Nc1ncn[nH]1)C(=O)N1CCCCC1CCO. The highest BCUT2D eigenvalue weighted by Crippen LogP contribution is 2.19. The monoisotopic (exact) mass is 267 g/mol. The lowest BCUT2D eigenvalue weighted by atomic mass is 9.99. The van der Waals surface area contributed by atoms with Crippen molar-refractivity contribution >= 4 is 17.8 Å². The number of hydrogen-bond donors (Lipinski definition) is 3. The highest BCUT2D eigenvalue weighted by molar-refractivity contribution is 6.39. The number of carbonyl (C=O) groups is 2. The highest BCUT2D eigenvalue weighted by Gasteiger charge is 2.30. The predicted octanol–water partition coefficient (Wildman–Crippen LogP) is -0.493. The van der Waals surface area contributed by atoms with Crippen molar-refractivity contribution < 1.29 is 14.7 Å². The van der Waals surface area contributed by atoms with Crippen LogP contribution in [0.4, 0.5) is 5.95 Å². The Bertz CT molecular complexity index is 432. The summed E-state index contributed by atoms with van der Waals surface area (Å²) in [6.07, 6.45) is 4.46. The first-order chi connectivity index (χ1) is 9.22.